The third-order valence-corrected chi connectivity index (χ3v) is 6.13. The van der Waals surface area contributed by atoms with Crippen molar-refractivity contribution in [3.8, 4) is 0 Å². The van der Waals surface area contributed by atoms with Gasteiger partial charge in [0.05, 0.1) is 16.7 Å². The molecule has 0 radical (unpaired) electrons. The van der Waals surface area contributed by atoms with Gasteiger partial charge in [0.25, 0.3) is 0 Å². The zero-order valence-corrected chi connectivity index (χ0v) is 14.3. The van der Waals surface area contributed by atoms with Gasteiger partial charge in [-0.3, -0.25) is 0 Å². The molecule has 0 spiro atoms. The Bertz CT molecular complexity index is 566. The van der Waals surface area contributed by atoms with Crippen molar-refractivity contribution in [3.05, 3.63) is 22.2 Å². The van der Waals surface area contributed by atoms with Gasteiger partial charge >= 0.3 is 0 Å². The number of aliphatic hydroxyl groups is 1. The van der Waals surface area contributed by atoms with E-state index in [1.807, 2.05) is 13.8 Å². The number of nitrogens with zero attached hydrogens (tertiary/aromatic N) is 1. The van der Waals surface area contributed by atoms with Crippen molar-refractivity contribution in [2.75, 3.05) is 18.9 Å². The summed E-state index contributed by atoms with van der Waals surface area (Å²) in [6.07, 6.45) is 1.25. The molecule has 0 fully saturated rings. The molecular weight excluding hydrogens is 335 g/mol. The second kappa shape index (κ2) is 7.65. The maximum Gasteiger partial charge on any atom is 0.246 e. The van der Waals surface area contributed by atoms with Gasteiger partial charge in [0.1, 0.15) is 4.90 Å². The van der Waals surface area contributed by atoms with E-state index in [1.165, 1.54) is 16.4 Å². The fourth-order valence-corrected chi connectivity index (χ4v) is 5.18. The Kier molecular flexibility index (Phi) is 6.74. The van der Waals surface area contributed by atoms with Crippen LogP contribution in [0.2, 0.25) is 10.0 Å². The Morgan fingerprint density at radius 1 is 1.24 bits per heavy atom. The molecule has 3 N–H and O–H groups in total. The van der Waals surface area contributed by atoms with Crippen LogP contribution in [0.25, 0.3) is 0 Å². The highest BCUT2D eigenvalue weighted by Gasteiger charge is 2.33. The summed E-state index contributed by atoms with van der Waals surface area (Å²) in [5.74, 6) is 0. The minimum Gasteiger partial charge on any atom is -0.399 e. The van der Waals surface area contributed by atoms with Crippen molar-refractivity contribution < 1.29 is 13.5 Å². The second-order valence-electron chi connectivity index (χ2n) is 4.62. The molecule has 8 heteroatoms. The Balaban J connectivity index is 3.43. The summed E-state index contributed by atoms with van der Waals surface area (Å²) in [4.78, 5) is -0.166. The average molecular weight is 355 g/mol. The number of nitrogens with two attached hydrogens (primary N) is 1. The molecule has 0 amide bonds. The van der Waals surface area contributed by atoms with Gasteiger partial charge in [-0.25, -0.2) is 8.42 Å². The first-order valence-electron chi connectivity index (χ1n) is 6.66. The number of aliphatic hydroxyl groups excluding tert-OH is 1. The van der Waals surface area contributed by atoms with Crippen LogP contribution in [0.5, 0.6) is 0 Å². The minimum absolute atomic E-state index is 0.00822. The zero-order valence-electron chi connectivity index (χ0n) is 12.0. The summed E-state index contributed by atoms with van der Waals surface area (Å²) >= 11 is 12.0. The van der Waals surface area contributed by atoms with Gasteiger partial charge in [-0.05, 0) is 25.0 Å². The zero-order chi connectivity index (χ0) is 16.2. The smallest absolute Gasteiger partial charge is 0.246 e. The van der Waals surface area contributed by atoms with Crippen LogP contribution in [0.15, 0.2) is 17.0 Å². The molecule has 120 valence electrons. The fraction of sp³-hybridized carbons (Fsp3) is 0.538. The molecule has 5 nitrogen and oxygen atoms in total. The predicted molar refractivity (Wildman–Crippen MR) is 86.2 cm³/mol. The lowest BCUT2D eigenvalue weighted by Gasteiger charge is -2.29. The third-order valence-electron chi connectivity index (χ3n) is 3.26. The monoisotopic (exact) mass is 354 g/mol. The molecule has 0 aliphatic rings. The van der Waals surface area contributed by atoms with E-state index in [2.05, 4.69) is 0 Å². The molecule has 0 saturated carbocycles. The molecule has 0 heterocycles. The Morgan fingerprint density at radius 2 is 1.71 bits per heavy atom. The quantitative estimate of drug-likeness (QED) is 0.737. The van der Waals surface area contributed by atoms with Gasteiger partial charge in [0.15, 0.2) is 0 Å². The number of nitrogen functional groups attached to an aromatic ring is 1. The van der Waals surface area contributed by atoms with Crippen molar-refractivity contribution in [2.45, 2.75) is 37.6 Å². The van der Waals surface area contributed by atoms with Crippen molar-refractivity contribution in [1.82, 2.24) is 4.31 Å². The van der Waals surface area contributed by atoms with E-state index in [0.717, 1.165) is 0 Å². The summed E-state index contributed by atoms with van der Waals surface area (Å²) < 4.78 is 26.9. The molecule has 0 unspecified atom stereocenters. The lowest BCUT2D eigenvalue weighted by atomic mass is 10.2. The van der Waals surface area contributed by atoms with Crippen LogP contribution in [0.4, 0.5) is 5.69 Å². The number of hydrogen-bond donors (Lipinski definition) is 2. The van der Waals surface area contributed by atoms with Gasteiger partial charge in [0, 0.05) is 18.3 Å². The molecule has 0 atom stereocenters. The largest absolute Gasteiger partial charge is 0.399 e. The molecule has 0 bridgehead atoms. The van der Waals surface area contributed by atoms with Gasteiger partial charge in [-0.15, -0.1) is 0 Å². The predicted octanol–water partition coefficient (Wildman–Crippen LogP) is 2.75. The van der Waals surface area contributed by atoms with Crippen molar-refractivity contribution >= 4 is 38.9 Å². The highest BCUT2D eigenvalue weighted by Crippen LogP contribution is 2.35. The number of anilines is 1. The SMILES string of the molecule is CCC(CC)N(CCO)S(=O)(=O)c1c(Cl)cc(N)cc1Cl. The third kappa shape index (κ3) is 4.02. The molecule has 1 aromatic rings. The number of rotatable bonds is 7. The highest BCUT2D eigenvalue weighted by atomic mass is 35.5. The molecule has 0 aromatic heterocycles. The number of halogens is 2. The van der Waals surface area contributed by atoms with E-state index < -0.39 is 10.0 Å². The van der Waals surface area contributed by atoms with Crippen LogP contribution in [0, 0.1) is 0 Å². The molecule has 0 saturated heterocycles. The van der Waals surface area contributed by atoms with Gasteiger partial charge in [0.2, 0.25) is 10.0 Å². The first kappa shape index (κ1) is 18.5. The maximum atomic E-state index is 12.8. The average Bonchev–Trinajstić information content (AvgIpc) is 2.37. The van der Waals surface area contributed by atoms with Gasteiger partial charge in [-0.2, -0.15) is 4.31 Å². The van der Waals surface area contributed by atoms with E-state index in [4.69, 9.17) is 28.9 Å². The van der Waals surface area contributed by atoms with Crippen molar-refractivity contribution in [3.63, 3.8) is 0 Å². The van der Waals surface area contributed by atoms with Crippen LogP contribution in [0.3, 0.4) is 0 Å². The molecule has 0 aliphatic carbocycles. The number of benzene rings is 1. The van der Waals surface area contributed by atoms with E-state index in [0.29, 0.717) is 18.5 Å². The summed E-state index contributed by atoms with van der Waals surface area (Å²) in [5, 5.41) is 9.14. The number of hydrogen-bond acceptors (Lipinski definition) is 4. The molecule has 21 heavy (non-hydrogen) atoms. The highest BCUT2D eigenvalue weighted by molar-refractivity contribution is 7.89. The van der Waals surface area contributed by atoms with Crippen LogP contribution < -0.4 is 5.73 Å². The first-order chi connectivity index (χ1) is 9.79. The Hall–Kier alpha value is -0.530. The fourth-order valence-electron chi connectivity index (χ4n) is 2.24. The topological polar surface area (TPSA) is 83.6 Å². The summed E-state index contributed by atoms with van der Waals surface area (Å²) in [6, 6.07) is 2.47. The standard InChI is InChI=1S/C13H20Cl2N2O3S/c1-3-10(4-2)17(5-6-18)21(19,20)13-11(14)7-9(16)8-12(13)15/h7-8,10,18H,3-6,16H2,1-2H3. The lowest BCUT2D eigenvalue weighted by molar-refractivity contribution is 0.219. The maximum absolute atomic E-state index is 12.8. The van der Waals surface area contributed by atoms with Crippen molar-refractivity contribution in [1.29, 1.82) is 0 Å². The van der Waals surface area contributed by atoms with E-state index >= 15 is 0 Å². The van der Waals surface area contributed by atoms with E-state index in [1.54, 1.807) is 0 Å². The Morgan fingerprint density at radius 3 is 2.10 bits per heavy atom. The molecule has 1 rings (SSSR count). The normalized spacial score (nSPS) is 12.3. The van der Waals surface area contributed by atoms with E-state index in [-0.39, 0.29) is 34.1 Å². The molecular formula is C13H20Cl2N2O3S. The lowest BCUT2D eigenvalue weighted by Crippen LogP contribution is -2.41. The number of sulfonamides is 1. The van der Waals surface area contributed by atoms with Crippen LogP contribution in [0.1, 0.15) is 26.7 Å². The summed E-state index contributed by atoms with van der Waals surface area (Å²) in [7, 11) is -3.91. The van der Waals surface area contributed by atoms with Gasteiger partial charge in [-0.1, -0.05) is 37.0 Å². The van der Waals surface area contributed by atoms with Crippen LogP contribution in [-0.4, -0.2) is 37.0 Å². The van der Waals surface area contributed by atoms with Crippen LogP contribution >= 0.6 is 23.2 Å². The van der Waals surface area contributed by atoms with Crippen LogP contribution in [-0.2, 0) is 10.0 Å². The second-order valence-corrected chi connectivity index (χ2v) is 7.27. The molecule has 0 aliphatic heterocycles. The summed E-state index contributed by atoms with van der Waals surface area (Å²) in [5.41, 5.74) is 5.89. The summed E-state index contributed by atoms with van der Waals surface area (Å²) in [6.45, 7) is 3.49. The van der Waals surface area contributed by atoms with Gasteiger partial charge < -0.3 is 10.8 Å². The molecule has 1 aromatic carbocycles. The van der Waals surface area contributed by atoms with Crippen molar-refractivity contribution in [2.24, 2.45) is 0 Å². The Labute approximate surface area is 135 Å². The minimum atomic E-state index is -3.91. The van der Waals surface area contributed by atoms with E-state index in [9.17, 15) is 13.5 Å². The first-order valence-corrected chi connectivity index (χ1v) is 8.86.